The molecule has 5 aromatic rings. The van der Waals surface area contributed by atoms with Gasteiger partial charge in [0, 0.05) is 6.92 Å². The molecule has 0 spiro atoms. The van der Waals surface area contributed by atoms with Crippen LogP contribution in [0.25, 0.3) is 11.2 Å². The van der Waals surface area contributed by atoms with E-state index in [0.717, 1.165) is 17.8 Å². The lowest BCUT2D eigenvalue weighted by Gasteiger charge is -2.37. The van der Waals surface area contributed by atoms with Gasteiger partial charge in [0.25, 0.3) is 0 Å². The lowest BCUT2D eigenvalue weighted by Crippen LogP contribution is -2.44. The maximum absolute atomic E-state index is 13.7. The first-order valence-electron chi connectivity index (χ1n) is 14.5. The van der Waals surface area contributed by atoms with Gasteiger partial charge in [0.05, 0.1) is 19.1 Å². The number of ether oxygens (including phenoxy) is 3. The van der Waals surface area contributed by atoms with Gasteiger partial charge in [-0.25, -0.2) is 9.97 Å². The van der Waals surface area contributed by atoms with Gasteiger partial charge in [0.15, 0.2) is 24.1 Å². The molecule has 1 saturated heterocycles. The zero-order valence-corrected chi connectivity index (χ0v) is 25.9. The van der Waals surface area contributed by atoms with Gasteiger partial charge < -0.3 is 19.9 Å². The predicted molar refractivity (Wildman–Crippen MR) is 164 cm³/mol. The Morgan fingerprint density at radius 3 is 1.94 bits per heavy atom. The molecule has 16 heteroatoms. The van der Waals surface area contributed by atoms with E-state index in [2.05, 4.69) is 15.0 Å². The molecule has 1 fully saturated rings. The SMILES string of the molecule is CC(=O)O[C@H]1[C@@H](OS(=O)(=O)C(F)(F)F)[C@H](n2cnc3cnc(N)nc32)O[C@@H]1COC(c1ccccc1)(c1ccccc1)c1ccccc1. The number of imidazole rings is 1. The lowest BCUT2D eigenvalue weighted by molar-refractivity contribution is -0.155. The zero-order chi connectivity index (χ0) is 34.1. The second kappa shape index (κ2) is 13.0. The van der Waals surface area contributed by atoms with Crippen LogP contribution in [0.1, 0.15) is 29.8 Å². The van der Waals surface area contributed by atoms with Crippen LogP contribution in [0.4, 0.5) is 19.1 Å². The van der Waals surface area contributed by atoms with E-state index in [1.165, 1.54) is 6.20 Å². The molecular formula is C32H28F3N5O7S. The summed E-state index contributed by atoms with van der Waals surface area (Å²) >= 11 is 0. The normalized spacial score (nSPS) is 20.2. The average Bonchev–Trinajstić information content (AvgIpc) is 3.62. The van der Waals surface area contributed by atoms with Crippen LogP contribution >= 0.6 is 0 Å². The number of hydrogen-bond acceptors (Lipinski definition) is 11. The number of nitrogen functional groups attached to an aromatic ring is 1. The Balaban J connectivity index is 1.47. The highest BCUT2D eigenvalue weighted by atomic mass is 32.2. The number of aromatic nitrogens is 4. The zero-order valence-electron chi connectivity index (χ0n) is 25.1. The molecule has 0 radical (unpaired) electrons. The molecule has 0 saturated carbocycles. The number of benzene rings is 3. The van der Waals surface area contributed by atoms with E-state index < -0.39 is 58.3 Å². The van der Waals surface area contributed by atoms with Gasteiger partial charge in [-0.05, 0) is 16.7 Å². The van der Waals surface area contributed by atoms with Crippen LogP contribution < -0.4 is 5.73 Å². The number of fused-ring (bicyclic) bond motifs is 1. The Morgan fingerprint density at radius 1 is 0.896 bits per heavy atom. The first-order valence-corrected chi connectivity index (χ1v) is 15.9. The molecule has 0 unspecified atom stereocenters. The van der Waals surface area contributed by atoms with E-state index in [-0.39, 0.29) is 17.1 Å². The number of carbonyl (C=O) groups excluding carboxylic acids is 1. The number of rotatable bonds is 10. The summed E-state index contributed by atoms with van der Waals surface area (Å²) in [5, 5.41) is 0. The predicted octanol–water partition coefficient (Wildman–Crippen LogP) is 4.48. The van der Waals surface area contributed by atoms with Crippen LogP contribution in [-0.2, 0) is 38.9 Å². The standard InChI is InChI=1S/C32H28F3N5O7S/c1-20(41)45-26-25(18-44-31(21-11-5-2-6-12-21,22-13-7-3-8-14-22)23-15-9-4-10-16-23)46-29(27(26)47-48(42,43)32(33,34)35)40-19-38-24-17-37-30(36)39-28(24)40/h2-17,19,25-27,29H,18H2,1H3,(H2,36,37,39)/t25-,26-,27-,29-/m1/s1. The maximum Gasteiger partial charge on any atom is 0.523 e. The van der Waals surface area contributed by atoms with Crippen LogP contribution in [0.3, 0.4) is 0 Å². The van der Waals surface area contributed by atoms with Gasteiger partial charge in [-0.15, -0.1) is 0 Å². The number of nitrogens with zero attached hydrogens (tertiary/aromatic N) is 4. The summed E-state index contributed by atoms with van der Waals surface area (Å²) in [7, 11) is -6.23. The van der Waals surface area contributed by atoms with Crippen LogP contribution in [0.5, 0.6) is 0 Å². The summed E-state index contributed by atoms with van der Waals surface area (Å²) in [6.07, 6.45) is -4.42. The second-order valence-corrected chi connectivity index (χ2v) is 12.3. The van der Waals surface area contributed by atoms with Crippen molar-refractivity contribution in [1.82, 2.24) is 19.5 Å². The van der Waals surface area contributed by atoms with Crippen LogP contribution in [-0.4, -0.2) is 64.3 Å². The van der Waals surface area contributed by atoms with Crippen molar-refractivity contribution in [1.29, 1.82) is 0 Å². The summed E-state index contributed by atoms with van der Waals surface area (Å²) < 4.78 is 90.2. The average molecular weight is 684 g/mol. The summed E-state index contributed by atoms with van der Waals surface area (Å²) in [6.45, 7) is 0.589. The van der Waals surface area contributed by atoms with Gasteiger partial charge in [-0.1, -0.05) is 91.0 Å². The Kier molecular flexibility index (Phi) is 8.91. The van der Waals surface area contributed by atoms with Gasteiger partial charge in [0.2, 0.25) is 5.95 Å². The molecule has 3 heterocycles. The van der Waals surface area contributed by atoms with E-state index in [0.29, 0.717) is 16.7 Å². The fourth-order valence-electron chi connectivity index (χ4n) is 5.71. The number of halogens is 3. The van der Waals surface area contributed by atoms with Crippen molar-refractivity contribution in [3.8, 4) is 0 Å². The van der Waals surface area contributed by atoms with E-state index in [4.69, 9.17) is 24.1 Å². The van der Waals surface area contributed by atoms with Gasteiger partial charge in [-0.2, -0.15) is 26.6 Å². The molecule has 6 rings (SSSR count). The molecular weight excluding hydrogens is 655 g/mol. The van der Waals surface area contributed by atoms with Crippen molar-refractivity contribution < 1.29 is 44.8 Å². The van der Waals surface area contributed by atoms with Gasteiger partial charge >= 0.3 is 21.6 Å². The Labute approximate surface area is 272 Å². The smallest absolute Gasteiger partial charge is 0.457 e. The monoisotopic (exact) mass is 683 g/mol. The molecule has 3 aromatic carbocycles. The maximum atomic E-state index is 13.7. The molecule has 2 aromatic heterocycles. The molecule has 12 nitrogen and oxygen atoms in total. The number of hydrogen-bond donors (Lipinski definition) is 1. The minimum atomic E-state index is -6.23. The quantitative estimate of drug-likeness (QED) is 0.0958. The second-order valence-electron chi connectivity index (χ2n) is 10.8. The molecule has 2 N–H and O–H groups in total. The first kappa shape index (κ1) is 33.0. The highest BCUT2D eigenvalue weighted by Gasteiger charge is 2.57. The summed E-state index contributed by atoms with van der Waals surface area (Å²) in [5.74, 6) is -1.13. The van der Waals surface area contributed by atoms with Gasteiger partial charge in [-0.3, -0.25) is 13.5 Å². The summed E-state index contributed by atoms with van der Waals surface area (Å²) in [6, 6.07) is 27.6. The minimum Gasteiger partial charge on any atom is -0.457 e. The molecule has 0 aliphatic carbocycles. The topological polar surface area (TPSA) is 158 Å². The van der Waals surface area contributed by atoms with E-state index >= 15 is 0 Å². The van der Waals surface area contributed by atoms with Crippen LogP contribution in [0.2, 0.25) is 0 Å². The van der Waals surface area contributed by atoms with Crippen molar-refractivity contribution in [2.45, 2.75) is 42.6 Å². The Bertz CT molecular complexity index is 1900. The van der Waals surface area contributed by atoms with Crippen molar-refractivity contribution >= 4 is 33.2 Å². The minimum absolute atomic E-state index is 0.000790. The Morgan fingerprint density at radius 2 is 1.44 bits per heavy atom. The molecule has 1 aliphatic heterocycles. The van der Waals surface area contributed by atoms with Crippen LogP contribution in [0, 0.1) is 0 Å². The fraction of sp³-hybridized carbons (Fsp3) is 0.250. The third kappa shape index (κ3) is 6.22. The Hall–Kier alpha value is -4.90. The first-order chi connectivity index (χ1) is 22.9. The van der Waals surface area contributed by atoms with E-state index in [1.54, 1.807) is 0 Å². The molecule has 250 valence electrons. The van der Waals surface area contributed by atoms with Crippen molar-refractivity contribution in [2.75, 3.05) is 12.3 Å². The number of carbonyl (C=O) groups is 1. The van der Waals surface area contributed by atoms with E-state index in [9.17, 15) is 26.4 Å². The van der Waals surface area contributed by atoms with E-state index in [1.807, 2.05) is 91.0 Å². The highest BCUT2D eigenvalue weighted by molar-refractivity contribution is 7.87. The largest absolute Gasteiger partial charge is 0.523 e. The third-order valence-corrected chi connectivity index (χ3v) is 8.77. The van der Waals surface area contributed by atoms with Crippen molar-refractivity contribution in [3.63, 3.8) is 0 Å². The fourth-order valence-corrected chi connectivity index (χ4v) is 6.31. The highest BCUT2D eigenvalue weighted by Crippen LogP contribution is 2.43. The lowest BCUT2D eigenvalue weighted by atomic mass is 9.80. The van der Waals surface area contributed by atoms with Crippen LogP contribution in [0.15, 0.2) is 104 Å². The molecule has 0 amide bonds. The number of alkyl halides is 3. The number of anilines is 1. The third-order valence-electron chi connectivity index (χ3n) is 7.72. The molecule has 4 atom stereocenters. The molecule has 1 aliphatic rings. The van der Waals surface area contributed by atoms with Gasteiger partial charge in [0.1, 0.15) is 17.2 Å². The molecule has 48 heavy (non-hydrogen) atoms. The van der Waals surface area contributed by atoms with Crippen molar-refractivity contribution in [2.24, 2.45) is 0 Å². The van der Waals surface area contributed by atoms with Crippen molar-refractivity contribution in [3.05, 3.63) is 120 Å². The summed E-state index contributed by atoms with van der Waals surface area (Å²) in [4.78, 5) is 24.5. The summed E-state index contributed by atoms with van der Waals surface area (Å²) in [5.41, 5.74) is 0.894. The number of nitrogens with two attached hydrogens (primary N) is 1. The molecule has 0 bridgehead atoms. The number of esters is 1.